The lowest BCUT2D eigenvalue weighted by molar-refractivity contribution is 0.599. The van der Waals surface area contributed by atoms with Gasteiger partial charge < -0.3 is 0 Å². The number of halogens is 2. The van der Waals surface area contributed by atoms with E-state index in [4.69, 9.17) is 0 Å². The van der Waals surface area contributed by atoms with Crippen molar-refractivity contribution < 1.29 is 4.39 Å². The van der Waals surface area contributed by atoms with Crippen molar-refractivity contribution in [1.82, 2.24) is 20.0 Å². The summed E-state index contributed by atoms with van der Waals surface area (Å²) < 4.78 is 16.3. The van der Waals surface area contributed by atoms with Gasteiger partial charge in [0.2, 0.25) is 0 Å². The maximum Gasteiger partial charge on any atom is 0.292 e. The summed E-state index contributed by atoms with van der Waals surface area (Å²) in [4.78, 5) is 18.0. The van der Waals surface area contributed by atoms with Crippen LogP contribution in [0.2, 0.25) is 0 Å². The molecule has 0 unspecified atom stereocenters. The Balaban J connectivity index is 2.12. The van der Waals surface area contributed by atoms with Crippen LogP contribution in [0.1, 0.15) is 11.3 Å². The molecular weight excluding hydrogens is 395 g/mol. The molecule has 0 aliphatic carbocycles. The molecule has 0 bridgehead atoms. The van der Waals surface area contributed by atoms with Crippen molar-refractivity contribution in [3.05, 3.63) is 56.2 Å². The van der Waals surface area contributed by atoms with Gasteiger partial charge in [-0.3, -0.25) is 4.79 Å². The SMILES string of the molecule is Cc1nc2sc3c(=O)n(-c4ccccc4F)nnc3c2c(C)c1Br. The van der Waals surface area contributed by atoms with Crippen molar-refractivity contribution in [2.75, 3.05) is 0 Å². The second-order valence-electron chi connectivity index (χ2n) is 5.35. The highest BCUT2D eigenvalue weighted by molar-refractivity contribution is 9.10. The zero-order valence-electron chi connectivity index (χ0n) is 12.7. The van der Waals surface area contributed by atoms with Gasteiger partial charge in [-0.1, -0.05) is 17.3 Å². The van der Waals surface area contributed by atoms with E-state index in [1.807, 2.05) is 13.8 Å². The van der Waals surface area contributed by atoms with Crippen LogP contribution in [0, 0.1) is 19.7 Å². The van der Waals surface area contributed by atoms with Crippen molar-refractivity contribution in [2.45, 2.75) is 13.8 Å². The zero-order chi connectivity index (χ0) is 17.0. The van der Waals surface area contributed by atoms with Crippen LogP contribution in [0.3, 0.4) is 0 Å². The second-order valence-corrected chi connectivity index (χ2v) is 7.15. The molecule has 120 valence electrons. The van der Waals surface area contributed by atoms with Crippen LogP contribution in [-0.4, -0.2) is 20.0 Å². The van der Waals surface area contributed by atoms with Crippen LogP contribution < -0.4 is 5.56 Å². The summed E-state index contributed by atoms with van der Waals surface area (Å²) in [5.41, 5.74) is 1.98. The van der Waals surface area contributed by atoms with Gasteiger partial charge in [0.15, 0.2) is 0 Å². The molecular formula is C16H10BrFN4OS. The number of benzene rings is 1. The molecule has 0 saturated heterocycles. The molecule has 0 aliphatic heterocycles. The minimum absolute atomic E-state index is 0.0800. The second kappa shape index (κ2) is 5.42. The van der Waals surface area contributed by atoms with Gasteiger partial charge in [-0.15, -0.1) is 16.4 Å². The van der Waals surface area contributed by atoms with Crippen LogP contribution in [0.15, 0.2) is 33.5 Å². The first-order chi connectivity index (χ1) is 11.5. The molecule has 4 rings (SSSR count). The number of aromatic nitrogens is 4. The monoisotopic (exact) mass is 404 g/mol. The van der Waals surface area contributed by atoms with E-state index in [1.165, 1.54) is 23.5 Å². The summed E-state index contributed by atoms with van der Waals surface area (Å²) in [6.07, 6.45) is 0. The largest absolute Gasteiger partial charge is 0.292 e. The van der Waals surface area contributed by atoms with Gasteiger partial charge in [-0.2, -0.15) is 4.68 Å². The molecule has 0 amide bonds. The van der Waals surface area contributed by atoms with Gasteiger partial charge in [-0.05, 0) is 47.5 Å². The number of hydrogen-bond acceptors (Lipinski definition) is 5. The Hall–Kier alpha value is -2.19. The van der Waals surface area contributed by atoms with Gasteiger partial charge >= 0.3 is 0 Å². The van der Waals surface area contributed by atoms with E-state index in [9.17, 15) is 9.18 Å². The highest BCUT2D eigenvalue weighted by atomic mass is 79.9. The van der Waals surface area contributed by atoms with Crippen molar-refractivity contribution in [3.8, 4) is 5.69 Å². The predicted molar refractivity (Wildman–Crippen MR) is 95.4 cm³/mol. The molecule has 3 aromatic heterocycles. The minimum atomic E-state index is -0.526. The van der Waals surface area contributed by atoms with E-state index in [1.54, 1.807) is 12.1 Å². The molecule has 0 radical (unpaired) electrons. The smallest absolute Gasteiger partial charge is 0.266 e. The third-order valence-corrected chi connectivity index (χ3v) is 6.09. The van der Waals surface area contributed by atoms with Crippen LogP contribution in [0.25, 0.3) is 26.1 Å². The normalized spacial score (nSPS) is 11.5. The standard InChI is InChI=1S/C16H10BrFN4OS/c1-7-11-13-14(24-15(11)19-8(2)12(7)17)16(23)22(21-20-13)10-6-4-3-5-9(10)18/h3-6H,1-2H3. The summed E-state index contributed by atoms with van der Waals surface area (Å²) >= 11 is 4.76. The topological polar surface area (TPSA) is 60.7 Å². The Bertz CT molecular complexity index is 1180. The molecule has 3 heterocycles. The van der Waals surface area contributed by atoms with Crippen LogP contribution >= 0.6 is 27.3 Å². The molecule has 0 spiro atoms. The maximum atomic E-state index is 14.0. The average Bonchev–Trinajstić information content (AvgIpc) is 2.93. The molecule has 0 fully saturated rings. The fourth-order valence-corrected chi connectivity index (χ4v) is 4.09. The number of thiophene rings is 1. The number of nitrogens with zero attached hydrogens (tertiary/aromatic N) is 4. The predicted octanol–water partition coefficient (Wildman–Crippen LogP) is 3.91. The molecule has 0 saturated carbocycles. The van der Waals surface area contributed by atoms with Crippen molar-refractivity contribution >= 4 is 47.7 Å². The first-order valence-electron chi connectivity index (χ1n) is 7.09. The fourth-order valence-electron chi connectivity index (χ4n) is 2.66. The lowest BCUT2D eigenvalue weighted by Gasteiger charge is -2.05. The Morgan fingerprint density at radius 2 is 2.00 bits per heavy atom. The lowest BCUT2D eigenvalue weighted by atomic mass is 10.1. The van der Waals surface area contributed by atoms with Crippen LogP contribution in [-0.2, 0) is 0 Å². The molecule has 1 aromatic carbocycles. The first kappa shape index (κ1) is 15.3. The zero-order valence-corrected chi connectivity index (χ0v) is 15.1. The third kappa shape index (κ3) is 2.10. The molecule has 0 aliphatic rings. The molecule has 24 heavy (non-hydrogen) atoms. The molecule has 5 nitrogen and oxygen atoms in total. The number of pyridine rings is 1. The molecule has 0 N–H and O–H groups in total. The lowest BCUT2D eigenvalue weighted by Crippen LogP contribution is -2.22. The summed E-state index contributed by atoms with van der Waals surface area (Å²) in [6.45, 7) is 3.83. The number of para-hydroxylation sites is 1. The Morgan fingerprint density at radius 1 is 1.25 bits per heavy atom. The van der Waals surface area contributed by atoms with E-state index in [-0.39, 0.29) is 5.69 Å². The van der Waals surface area contributed by atoms with E-state index < -0.39 is 11.4 Å². The maximum absolute atomic E-state index is 14.0. The van der Waals surface area contributed by atoms with Crippen molar-refractivity contribution in [3.63, 3.8) is 0 Å². The third-order valence-electron chi connectivity index (χ3n) is 3.86. The van der Waals surface area contributed by atoms with Gasteiger partial charge in [0.05, 0.1) is 5.69 Å². The van der Waals surface area contributed by atoms with Gasteiger partial charge in [0, 0.05) is 9.86 Å². The molecule has 4 aromatic rings. The van der Waals surface area contributed by atoms with E-state index in [0.29, 0.717) is 10.2 Å². The van der Waals surface area contributed by atoms with Crippen LogP contribution in [0.4, 0.5) is 4.39 Å². The number of aryl methyl sites for hydroxylation is 2. The summed E-state index contributed by atoms with van der Waals surface area (Å²) in [6, 6.07) is 5.98. The Labute approximate surface area is 147 Å². The Morgan fingerprint density at radius 3 is 2.75 bits per heavy atom. The number of hydrogen-bond donors (Lipinski definition) is 0. The van der Waals surface area contributed by atoms with Crippen molar-refractivity contribution in [2.24, 2.45) is 0 Å². The summed E-state index contributed by atoms with van der Waals surface area (Å²) in [7, 11) is 0. The summed E-state index contributed by atoms with van der Waals surface area (Å²) in [5.74, 6) is -0.526. The number of fused-ring (bicyclic) bond motifs is 3. The quantitative estimate of drug-likeness (QED) is 0.482. The highest BCUT2D eigenvalue weighted by Gasteiger charge is 2.19. The average molecular weight is 405 g/mol. The van der Waals surface area contributed by atoms with E-state index >= 15 is 0 Å². The van der Waals surface area contributed by atoms with Crippen molar-refractivity contribution in [1.29, 1.82) is 0 Å². The van der Waals surface area contributed by atoms with Gasteiger partial charge in [-0.25, -0.2) is 9.37 Å². The first-order valence-corrected chi connectivity index (χ1v) is 8.70. The molecule has 0 atom stereocenters. The van der Waals surface area contributed by atoms with Gasteiger partial charge in [0.25, 0.3) is 5.56 Å². The van der Waals surface area contributed by atoms with Crippen LogP contribution in [0.5, 0.6) is 0 Å². The van der Waals surface area contributed by atoms with E-state index in [2.05, 4.69) is 31.2 Å². The number of rotatable bonds is 1. The summed E-state index contributed by atoms with van der Waals surface area (Å²) in [5, 5.41) is 8.91. The minimum Gasteiger partial charge on any atom is -0.266 e. The fraction of sp³-hybridized carbons (Fsp3) is 0.125. The molecule has 8 heteroatoms. The van der Waals surface area contributed by atoms with E-state index in [0.717, 1.165) is 30.6 Å². The Kier molecular flexibility index (Phi) is 3.47. The van der Waals surface area contributed by atoms with Gasteiger partial charge in [0.1, 0.15) is 26.6 Å². The highest BCUT2D eigenvalue weighted by Crippen LogP contribution is 2.35.